The van der Waals surface area contributed by atoms with E-state index in [1.165, 1.54) is 7.11 Å². The zero-order chi connectivity index (χ0) is 13.0. The third-order valence-electron chi connectivity index (χ3n) is 2.91. The predicted molar refractivity (Wildman–Crippen MR) is 66.6 cm³/mol. The molecule has 5 nitrogen and oxygen atoms in total. The van der Waals surface area contributed by atoms with Crippen LogP contribution in [0.3, 0.4) is 0 Å². The number of anilines is 1. The van der Waals surface area contributed by atoms with Crippen LogP contribution in [0.15, 0.2) is 18.2 Å². The van der Waals surface area contributed by atoms with E-state index in [0.717, 1.165) is 13.0 Å². The molecule has 2 N–H and O–H groups in total. The Balaban J connectivity index is 2.08. The van der Waals surface area contributed by atoms with Crippen molar-refractivity contribution in [3.05, 3.63) is 23.8 Å². The maximum atomic E-state index is 11.6. The van der Waals surface area contributed by atoms with Gasteiger partial charge in [-0.3, -0.25) is 0 Å². The van der Waals surface area contributed by atoms with Crippen LogP contribution in [0.1, 0.15) is 16.8 Å². The molecule has 0 aliphatic carbocycles. The maximum absolute atomic E-state index is 11.6. The van der Waals surface area contributed by atoms with Gasteiger partial charge in [0, 0.05) is 18.2 Å². The fraction of sp³-hybridized carbons (Fsp3) is 0.462. The molecular formula is C13H17NO4. The summed E-state index contributed by atoms with van der Waals surface area (Å²) in [5, 5.41) is 0. The molecule has 1 atom stereocenters. The number of esters is 1. The molecule has 1 fully saturated rings. The second kappa shape index (κ2) is 5.73. The molecular weight excluding hydrogens is 234 g/mol. The van der Waals surface area contributed by atoms with Gasteiger partial charge in [-0.1, -0.05) is 0 Å². The third-order valence-corrected chi connectivity index (χ3v) is 2.91. The van der Waals surface area contributed by atoms with Crippen LogP contribution in [0.5, 0.6) is 5.75 Å². The number of ether oxygens (including phenoxy) is 3. The lowest BCUT2D eigenvalue weighted by Gasteiger charge is -2.13. The number of nitrogens with two attached hydrogens (primary N) is 1. The van der Waals surface area contributed by atoms with Crippen LogP contribution in [0.4, 0.5) is 5.69 Å². The average Bonchev–Trinajstić information content (AvgIpc) is 2.89. The molecule has 1 aliphatic rings. The quantitative estimate of drug-likeness (QED) is 0.648. The Morgan fingerprint density at radius 2 is 2.39 bits per heavy atom. The highest BCUT2D eigenvalue weighted by molar-refractivity contribution is 5.93. The summed E-state index contributed by atoms with van der Waals surface area (Å²) in [4.78, 5) is 11.6. The molecule has 1 aromatic rings. The summed E-state index contributed by atoms with van der Waals surface area (Å²) < 4.78 is 15.6. The number of rotatable bonds is 4. The van der Waals surface area contributed by atoms with Gasteiger partial charge in [-0.25, -0.2) is 4.79 Å². The first-order valence-electron chi connectivity index (χ1n) is 5.89. The van der Waals surface area contributed by atoms with E-state index >= 15 is 0 Å². The number of carbonyl (C=O) groups excluding carboxylic acids is 1. The number of carbonyl (C=O) groups is 1. The lowest BCUT2D eigenvalue weighted by atomic mass is 10.1. The van der Waals surface area contributed by atoms with Crippen molar-refractivity contribution in [1.82, 2.24) is 0 Å². The van der Waals surface area contributed by atoms with Crippen LogP contribution in [-0.4, -0.2) is 32.9 Å². The number of methoxy groups -OCH3 is 1. The van der Waals surface area contributed by atoms with Crippen molar-refractivity contribution in [3.8, 4) is 5.75 Å². The minimum atomic E-state index is -0.444. The summed E-state index contributed by atoms with van der Waals surface area (Å²) in [7, 11) is 1.33. The summed E-state index contributed by atoms with van der Waals surface area (Å²) in [5.74, 6) is 0.441. The molecule has 1 heterocycles. The van der Waals surface area contributed by atoms with Crippen molar-refractivity contribution in [2.75, 3.05) is 32.7 Å². The zero-order valence-electron chi connectivity index (χ0n) is 10.3. The molecule has 98 valence electrons. The van der Waals surface area contributed by atoms with E-state index in [4.69, 9.17) is 19.9 Å². The molecule has 0 radical (unpaired) electrons. The van der Waals surface area contributed by atoms with Gasteiger partial charge in [0.05, 0.1) is 20.3 Å². The van der Waals surface area contributed by atoms with E-state index < -0.39 is 5.97 Å². The Bertz CT molecular complexity index is 427. The van der Waals surface area contributed by atoms with E-state index in [0.29, 0.717) is 36.1 Å². The van der Waals surface area contributed by atoms with Gasteiger partial charge < -0.3 is 19.9 Å². The van der Waals surface area contributed by atoms with E-state index in [2.05, 4.69) is 0 Å². The second-order valence-electron chi connectivity index (χ2n) is 4.29. The highest BCUT2D eigenvalue weighted by atomic mass is 16.5. The van der Waals surface area contributed by atoms with Crippen molar-refractivity contribution in [2.45, 2.75) is 6.42 Å². The Morgan fingerprint density at radius 3 is 3.06 bits per heavy atom. The van der Waals surface area contributed by atoms with Crippen molar-refractivity contribution in [2.24, 2.45) is 5.92 Å². The first kappa shape index (κ1) is 12.7. The van der Waals surface area contributed by atoms with Gasteiger partial charge >= 0.3 is 5.97 Å². The molecule has 0 amide bonds. The van der Waals surface area contributed by atoms with Gasteiger partial charge in [0.2, 0.25) is 0 Å². The Labute approximate surface area is 106 Å². The highest BCUT2D eigenvalue weighted by Gasteiger charge is 2.19. The van der Waals surface area contributed by atoms with Crippen LogP contribution in [0.25, 0.3) is 0 Å². The summed E-state index contributed by atoms with van der Waals surface area (Å²) in [6.07, 6.45) is 0.989. The Hall–Kier alpha value is -1.75. The molecule has 1 saturated heterocycles. The Morgan fingerprint density at radius 1 is 1.56 bits per heavy atom. The fourth-order valence-corrected chi connectivity index (χ4v) is 1.87. The molecule has 5 heteroatoms. The molecule has 2 rings (SSSR count). The van der Waals surface area contributed by atoms with E-state index in [-0.39, 0.29) is 0 Å². The predicted octanol–water partition coefficient (Wildman–Crippen LogP) is 1.47. The molecule has 1 aliphatic heterocycles. The highest BCUT2D eigenvalue weighted by Crippen LogP contribution is 2.24. The minimum Gasteiger partial charge on any atom is -0.492 e. The van der Waals surface area contributed by atoms with Crippen LogP contribution in [0.2, 0.25) is 0 Å². The summed E-state index contributed by atoms with van der Waals surface area (Å²) in [6.45, 7) is 2.02. The molecule has 1 unspecified atom stereocenters. The third kappa shape index (κ3) is 2.92. The number of hydrogen-bond acceptors (Lipinski definition) is 5. The monoisotopic (exact) mass is 251 g/mol. The minimum absolute atomic E-state index is 0.358. The number of hydrogen-bond donors (Lipinski definition) is 1. The summed E-state index contributed by atoms with van der Waals surface area (Å²) in [5.41, 5.74) is 6.52. The van der Waals surface area contributed by atoms with Crippen molar-refractivity contribution in [1.29, 1.82) is 0 Å². The van der Waals surface area contributed by atoms with Gasteiger partial charge in [0.25, 0.3) is 0 Å². The van der Waals surface area contributed by atoms with Crippen LogP contribution in [-0.2, 0) is 9.47 Å². The number of benzene rings is 1. The van der Waals surface area contributed by atoms with Gasteiger partial charge in [-0.15, -0.1) is 0 Å². The van der Waals surface area contributed by atoms with Gasteiger partial charge in [0.1, 0.15) is 11.3 Å². The van der Waals surface area contributed by atoms with Crippen LogP contribution in [0, 0.1) is 5.92 Å². The molecule has 0 bridgehead atoms. The average molecular weight is 251 g/mol. The molecule has 0 aromatic heterocycles. The first-order chi connectivity index (χ1) is 8.70. The van der Waals surface area contributed by atoms with Crippen molar-refractivity contribution in [3.63, 3.8) is 0 Å². The summed E-state index contributed by atoms with van der Waals surface area (Å²) >= 11 is 0. The van der Waals surface area contributed by atoms with Crippen LogP contribution < -0.4 is 10.5 Å². The van der Waals surface area contributed by atoms with Gasteiger partial charge in [-0.05, 0) is 24.6 Å². The van der Waals surface area contributed by atoms with E-state index in [1.807, 2.05) is 0 Å². The maximum Gasteiger partial charge on any atom is 0.341 e. The lowest BCUT2D eigenvalue weighted by molar-refractivity contribution is 0.0595. The normalized spacial score (nSPS) is 18.6. The summed E-state index contributed by atoms with van der Waals surface area (Å²) in [6, 6.07) is 4.95. The SMILES string of the molecule is COC(=O)c1cc(N)ccc1OCC1CCOC1. The fourth-order valence-electron chi connectivity index (χ4n) is 1.87. The second-order valence-corrected chi connectivity index (χ2v) is 4.29. The zero-order valence-corrected chi connectivity index (χ0v) is 10.3. The standard InChI is InChI=1S/C13H17NO4/c1-16-13(15)11-6-10(14)2-3-12(11)18-8-9-4-5-17-7-9/h2-3,6,9H,4-5,7-8,14H2,1H3. The van der Waals surface area contributed by atoms with Crippen molar-refractivity contribution >= 4 is 11.7 Å². The topological polar surface area (TPSA) is 70.8 Å². The van der Waals surface area contributed by atoms with Crippen molar-refractivity contribution < 1.29 is 19.0 Å². The van der Waals surface area contributed by atoms with E-state index in [1.54, 1.807) is 18.2 Å². The molecule has 0 spiro atoms. The number of nitrogen functional groups attached to an aromatic ring is 1. The first-order valence-corrected chi connectivity index (χ1v) is 5.89. The van der Waals surface area contributed by atoms with E-state index in [9.17, 15) is 4.79 Å². The Kier molecular flexibility index (Phi) is 4.04. The molecule has 1 aromatic carbocycles. The van der Waals surface area contributed by atoms with Gasteiger partial charge in [0.15, 0.2) is 0 Å². The largest absolute Gasteiger partial charge is 0.492 e. The smallest absolute Gasteiger partial charge is 0.341 e. The lowest BCUT2D eigenvalue weighted by Crippen LogP contribution is -2.14. The van der Waals surface area contributed by atoms with Gasteiger partial charge in [-0.2, -0.15) is 0 Å². The molecule has 18 heavy (non-hydrogen) atoms. The molecule has 0 saturated carbocycles. The van der Waals surface area contributed by atoms with Crippen LogP contribution >= 0.6 is 0 Å².